The number of rotatable bonds is 4. The molecule has 0 amide bonds. The second-order valence-electron chi connectivity index (χ2n) is 3.69. The number of nitrogens with one attached hydrogen (secondary N) is 1. The Morgan fingerprint density at radius 1 is 1.00 bits per heavy atom. The molecule has 0 saturated heterocycles. The molecule has 2 rings (SSSR count). The van der Waals surface area contributed by atoms with Gasteiger partial charge in [-0.2, -0.15) is 0 Å². The topological polar surface area (TPSA) is 68.3 Å². The number of benzene rings is 2. The van der Waals surface area contributed by atoms with Crippen molar-refractivity contribution in [2.24, 2.45) is 5.73 Å². The van der Waals surface area contributed by atoms with Gasteiger partial charge in [-0.15, -0.1) is 0 Å². The molecule has 0 aromatic heterocycles. The largest absolute Gasteiger partial charge is 0.497 e. The van der Waals surface area contributed by atoms with Gasteiger partial charge in [0.15, 0.2) is 0 Å². The Kier molecular flexibility index (Phi) is 3.48. The lowest BCUT2D eigenvalue weighted by Gasteiger charge is -2.10. The van der Waals surface area contributed by atoms with Crippen LogP contribution < -0.4 is 15.2 Å². The molecular formula is C14H14N2O2. The predicted molar refractivity (Wildman–Crippen MR) is 70.5 cm³/mol. The molecule has 0 fully saturated rings. The number of nitrogens with two attached hydrogens (primary N) is 1. The van der Waals surface area contributed by atoms with Crippen LogP contribution in [0.4, 0.5) is 0 Å². The van der Waals surface area contributed by atoms with E-state index in [0.29, 0.717) is 17.1 Å². The zero-order chi connectivity index (χ0) is 13.0. The summed E-state index contributed by atoms with van der Waals surface area (Å²) in [5.74, 6) is 1.99. The molecule has 0 heterocycles. The Morgan fingerprint density at radius 3 is 2.22 bits per heavy atom. The fraction of sp³-hybridized carbons (Fsp3) is 0.0714. The lowest BCUT2D eigenvalue weighted by Crippen LogP contribution is -2.12. The van der Waals surface area contributed by atoms with Crippen LogP contribution in [0.2, 0.25) is 0 Å². The van der Waals surface area contributed by atoms with Crippen molar-refractivity contribution < 1.29 is 9.47 Å². The number of ether oxygens (including phenoxy) is 2. The van der Waals surface area contributed by atoms with Crippen LogP contribution in [0.15, 0.2) is 48.5 Å². The van der Waals surface area contributed by atoms with E-state index in [0.717, 1.165) is 5.75 Å². The average molecular weight is 242 g/mol. The molecule has 0 unspecified atom stereocenters. The Balaban J connectivity index is 2.25. The summed E-state index contributed by atoms with van der Waals surface area (Å²) < 4.78 is 10.8. The fourth-order valence-electron chi connectivity index (χ4n) is 1.55. The van der Waals surface area contributed by atoms with Crippen molar-refractivity contribution in [2.75, 3.05) is 7.11 Å². The van der Waals surface area contributed by atoms with E-state index in [1.54, 1.807) is 31.4 Å². The van der Waals surface area contributed by atoms with Crippen molar-refractivity contribution in [2.45, 2.75) is 0 Å². The summed E-state index contributed by atoms with van der Waals surface area (Å²) in [6, 6.07) is 14.4. The minimum Gasteiger partial charge on any atom is -0.497 e. The van der Waals surface area contributed by atoms with E-state index in [1.807, 2.05) is 24.3 Å². The first-order chi connectivity index (χ1) is 8.70. The maximum absolute atomic E-state index is 7.48. The smallest absolute Gasteiger partial charge is 0.138 e. The van der Waals surface area contributed by atoms with Crippen LogP contribution >= 0.6 is 0 Å². The van der Waals surface area contributed by atoms with Crippen molar-refractivity contribution in [3.63, 3.8) is 0 Å². The molecule has 4 nitrogen and oxygen atoms in total. The highest BCUT2D eigenvalue weighted by molar-refractivity contribution is 5.97. The minimum atomic E-state index is -0.0147. The molecule has 0 bridgehead atoms. The number of amidine groups is 1. The van der Waals surface area contributed by atoms with Crippen molar-refractivity contribution in [3.8, 4) is 17.2 Å². The quantitative estimate of drug-likeness (QED) is 0.639. The fourth-order valence-corrected chi connectivity index (χ4v) is 1.55. The molecule has 0 aliphatic heterocycles. The molecular weight excluding hydrogens is 228 g/mol. The second kappa shape index (κ2) is 5.23. The molecule has 0 radical (unpaired) electrons. The first-order valence-corrected chi connectivity index (χ1v) is 5.46. The van der Waals surface area contributed by atoms with Crippen LogP contribution in [0.1, 0.15) is 5.56 Å². The minimum absolute atomic E-state index is 0.0147. The van der Waals surface area contributed by atoms with Crippen LogP contribution in [0.5, 0.6) is 17.2 Å². The van der Waals surface area contributed by atoms with Crippen LogP contribution in [-0.2, 0) is 0 Å². The number of para-hydroxylation sites is 1. The van der Waals surface area contributed by atoms with Crippen LogP contribution in [0.25, 0.3) is 0 Å². The van der Waals surface area contributed by atoms with Crippen molar-refractivity contribution in [1.82, 2.24) is 0 Å². The maximum atomic E-state index is 7.48. The van der Waals surface area contributed by atoms with Gasteiger partial charge >= 0.3 is 0 Å². The molecule has 0 atom stereocenters. The van der Waals surface area contributed by atoms with Crippen molar-refractivity contribution >= 4 is 5.84 Å². The van der Waals surface area contributed by atoms with Crippen molar-refractivity contribution in [1.29, 1.82) is 5.41 Å². The summed E-state index contributed by atoms with van der Waals surface area (Å²) in [6.07, 6.45) is 0. The normalized spacial score (nSPS) is 9.83. The lowest BCUT2D eigenvalue weighted by atomic mass is 10.2. The zero-order valence-electron chi connectivity index (χ0n) is 10.0. The van der Waals surface area contributed by atoms with E-state index < -0.39 is 0 Å². The summed E-state index contributed by atoms with van der Waals surface area (Å²) in [7, 11) is 1.61. The highest BCUT2D eigenvalue weighted by Gasteiger charge is 2.06. The molecule has 0 aliphatic carbocycles. The molecule has 2 aromatic rings. The molecule has 0 saturated carbocycles. The lowest BCUT2D eigenvalue weighted by molar-refractivity contribution is 0.413. The van der Waals surface area contributed by atoms with E-state index in [1.165, 1.54) is 0 Å². The van der Waals surface area contributed by atoms with E-state index in [2.05, 4.69) is 0 Å². The summed E-state index contributed by atoms with van der Waals surface area (Å²) in [6.45, 7) is 0. The third-order valence-electron chi connectivity index (χ3n) is 2.46. The van der Waals surface area contributed by atoms with Gasteiger partial charge in [-0.05, 0) is 36.4 Å². The Labute approximate surface area is 105 Å². The monoisotopic (exact) mass is 242 g/mol. The van der Waals surface area contributed by atoms with Gasteiger partial charge in [-0.1, -0.05) is 12.1 Å². The third-order valence-corrected chi connectivity index (χ3v) is 2.46. The summed E-state index contributed by atoms with van der Waals surface area (Å²) in [5.41, 5.74) is 6.07. The van der Waals surface area contributed by atoms with Gasteiger partial charge in [0.2, 0.25) is 0 Å². The van der Waals surface area contributed by atoms with Gasteiger partial charge in [0.05, 0.1) is 12.7 Å². The number of nitrogen functional groups attached to an aromatic ring is 1. The van der Waals surface area contributed by atoms with Gasteiger partial charge in [-0.3, -0.25) is 5.41 Å². The maximum Gasteiger partial charge on any atom is 0.138 e. The number of hydrogen-bond acceptors (Lipinski definition) is 3. The van der Waals surface area contributed by atoms with E-state index >= 15 is 0 Å². The molecule has 92 valence electrons. The summed E-state index contributed by atoms with van der Waals surface area (Å²) >= 11 is 0. The zero-order valence-corrected chi connectivity index (χ0v) is 10.0. The highest BCUT2D eigenvalue weighted by Crippen LogP contribution is 2.26. The highest BCUT2D eigenvalue weighted by atomic mass is 16.5. The molecule has 2 aromatic carbocycles. The van der Waals surface area contributed by atoms with E-state index in [4.69, 9.17) is 20.6 Å². The Bertz CT molecular complexity index is 550. The Hall–Kier alpha value is -2.49. The number of hydrogen-bond donors (Lipinski definition) is 2. The predicted octanol–water partition coefficient (Wildman–Crippen LogP) is 2.77. The SMILES string of the molecule is COc1ccc(Oc2ccccc2C(=N)N)cc1. The molecule has 18 heavy (non-hydrogen) atoms. The van der Waals surface area contributed by atoms with Crippen molar-refractivity contribution in [3.05, 3.63) is 54.1 Å². The van der Waals surface area contributed by atoms with Gasteiger partial charge in [0, 0.05) is 0 Å². The first-order valence-electron chi connectivity index (χ1n) is 5.46. The van der Waals surface area contributed by atoms with Crippen LogP contribution in [-0.4, -0.2) is 12.9 Å². The van der Waals surface area contributed by atoms with Gasteiger partial charge in [-0.25, -0.2) is 0 Å². The molecule has 4 heteroatoms. The number of methoxy groups -OCH3 is 1. The summed E-state index contributed by atoms with van der Waals surface area (Å²) in [4.78, 5) is 0. The third kappa shape index (κ3) is 2.60. The van der Waals surface area contributed by atoms with Gasteiger partial charge in [0.1, 0.15) is 23.1 Å². The van der Waals surface area contributed by atoms with E-state index in [-0.39, 0.29) is 5.84 Å². The standard InChI is InChI=1S/C14H14N2O2/c1-17-10-6-8-11(9-7-10)18-13-5-3-2-4-12(13)14(15)16/h2-9H,1H3,(H3,15,16). The summed E-state index contributed by atoms with van der Waals surface area (Å²) in [5, 5.41) is 7.48. The van der Waals surface area contributed by atoms with Gasteiger partial charge < -0.3 is 15.2 Å². The average Bonchev–Trinajstić information content (AvgIpc) is 2.40. The molecule has 0 spiro atoms. The van der Waals surface area contributed by atoms with Gasteiger partial charge in [0.25, 0.3) is 0 Å². The van der Waals surface area contributed by atoms with E-state index in [9.17, 15) is 0 Å². The first kappa shape index (κ1) is 12.0. The molecule has 3 N–H and O–H groups in total. The van der Waals surface area contributed by atoms with Crippen LogP contribution in [0, 0.1) is 5.41 Å². The Morgan fingerprint density at radius 2 is 1.61 bits per heavy atom. The molecule has 0 aliphatic rings. The second-order valence-corrected chi connectivity index (χ2v) is 3.69. The van der Waals surface area contributed by atoms with Crippen LogP contribution in [0.3, 0.4) is 0 Å².